The van der Waals surface area contributed by atoms with Crippen molar-refractivity contribution in [3.05, 3.63) is 0 Å². The average molecular weight is 170 g/mol. The first kappa shape index (κ1) is 9.19. The number of rotatable bonds is 3. The van der Waals surface area contributed by atoms with E-state index in [4.69, 9.17) is 4.74 Å². The van der Waals surface area contributed by atoms with Crippen LogP contribution in [-0.2, 0) is 14.3 Å². The lowest BCUT2D eigenvalue weighted by Gasteiger charge is -2.20. The molecule has 1 aliphatic heterocycles. The lowest BCUT2D eigenvalue weighted by molar-refractivity contribution is -0.135. The molecule has 67 valence electrons. The maximum Gasteiger partial charge on any atom is 0.249 e. The second-order valence-corrected chi connectivity index (χ2v) is 2.72. The van der Waals surface area contributed by atoms with E-state index in [-0.39, 0.29) is 18.6 Å². The van der Waals surface area contributed by atoms with Crippen LogP contribution in [0.5, 0.6) is 0 Å². The second kappa shape index (κ2) is 4.87. The van der Waals surface area contributed by atoms with E-state index in [2.05, 4.69) is 5.32 Å². The Kier molecular flexibility index (Phi) is 3.73. The van der Waals surface area contributed by atoms with Gasteiger partial charge in [0.2, 0.25) is 12.2 Å². The molecule has 4 heteroatoms. The molecule has 0 aromatic rings. The van der Waals surface area contributed by atoms with Crippen molar-refractivity contribution in [2.45, 2.75) is 25.4 Å². The molecule has 0 bridgehead atoms. The van der Waals surface area contributed by atoms with Crippen LogP contribution in [0.1, 0.15) is 19.3 Å². The standard InChI is InChI=1S/C8H12NO3/c10-5-4-9-8(11)7-3-1-2-6-12-7/h7H,1-4,6H2,(H,9,11). The highest BCUT2D eigenvalue weighted by Gasteiger charge is 2.20. The van der Waals surface area contributed by atoms with Crippen LogP contribution < -0.4 is 5.32 Å². The zero-order chi connectivity index (χ0) is 8.81. The molecule has 1 heterocycles. The highest BCUT2D eigenvalue weighted by atomic mass is 16.5. The molecule has 0 aromatic carbocycles. The highest BCUT2D eigenvalue weighted by Crippen LogP contribution is 2.12. The molecule has 0 saturated carbocycles. The number of ether oxygens (including phenoxy) is 1. The topological polar surface area (TPSA) is 55.4 Å². The summed E-state index contributed by atoms with van der Waals surface area (Å²) in [7, 11) is 0. The van der Waals surface area contributed by atoms with Gasteiger partial charge >= 0.3 is 0 Å². The third-order valence-corrected chi connectivity index (χ3v) is 1.81. The second-order valence-electron chi connectivity index (χ2n) is 2.72. The molecule has 1 rings (SSSR count). The summed E-state index contributed by atoms with van der Waals surface area (Å²) >= 11 is 0. The van der Waals surface area contributed by atoms with Crippen molar-refractivity contribution in [2.24, 2.45) is 0 Å². The number of hydrogen-bond donors (Lipinski definition) is 1. The van der Waals surface area contributed by atoms with Crippen molar-refractivity contribution >= 4 is 12.2 Å². The van der Waals surface area contributed by atoms with Gasteiger partial charge in [0.05, 0.1) is 6.54 Å². The molecule has 1 saturated heterocycles. The van der Waals surface area contributed by atoms with Gasteiger partial charge in [-0.2, -0.15) is 0 Å². The molecule has 4 nitrogen and oxygen atoms in total. The summed E-state index contributed by atoms with van der Waals surface area (Å²) in [5, 5.41) is 2.41. The minimum Gasteiger partial charge on any atom is -0.368 e. The van der Waals surface area contributed by atoms with Crippen LogP contribution in [0.25, 0.3) is 0 Å². The van der Waals surface area contributed by atoms with Crippen LogP contribution in [0.3, 0.4) is 0 Å². The first-order chi connectivity index (χ1) is 5.84. The fraction of sp³-hybridized carbons (Fsp3) is 0.750. The van der Waals surface area contributed by atoms with E-state index in [1.54, 1.807) is 6.29 Å². The van der Waals surface area contributed by atoms with Crippen LogP contribution in [-0.4, -0.2) is 31.4 Å². The van der Waals surface area contributed by atoms with Gasteiger partial charge in [0.25, 0.3) is 0 Å². The summed E-state index contributed by atoms with van der Waals surface area (Å²) in [4.78, 5) is 21.0. The van der Waals surface area contributed by atoms with Gasteiger partial charge in [-0.05, 0) is 19.3 Å². The van der Waals surface area contributed by atoms with E-state index in [9.17, 15) is 9.59 Å². The Bertz CT molecular complexity index is 164. The zero-order valence-electron chi connectivity index (χ0n) is 6.84. The molecule has 1 atom stereocenters. The summed E-state index contributed by atoms with van der Waals surface area (Å²) in [6.45, 7) is 0.599. The molecule has 1 unspecified atom stereocenters. The quantitative estimate of drug-likeness (QED) is 0.637. The van der Waals surface area contributed by atoms with E-state index in [1.165, 1.54) is 0 Å². The highest BCUT2D eigenvalue weighted by molar-refractivity contribution is 5.82. The summed E-state index contributed by atoms with van der Waals surface area (Å²) in [6, 6.07) is 0. The summed E-state index contributed by atoms with van der Waals surface area (Å²) in [5.41, 5.74) is 0. The third kappa shape index (κ3) is 2.62. The van der Waals surface area contributed by atoms with E-state index >= 15 is 0 Å². The van der Waals surface area contributed by atoms with Crippen molar-refractivity contribution in [1.29, 1.82) is 0 Å². The lowest BCUT2D eigenvalue weighted by atomic mass is 10.1. The van der Waals surface area contributed by atoms with Gasteiger partial charge in [-0.1, -0.05) is 0 Å². The molecule has 1 fully saturated rings. The largest absolute Gasteiger partial charge is 0.368 e. The van der Waals surface area contributed by atoms with Crippen LogP contribution in [0.4, 0.5) is 0 Å². The Hall–Kier alpha value is -0.900. The zero-order valence-corrected chi connectivity index (χ0v) is 6.84. The van der Waals surface area contributed by atoms with Gasteiger partial charge in [-0.25, -0.2) is 0 Å². The predicted octanol–water partition coefficient (Wildman–Crippen LogP) is -0.219. The smallest absolute Gasteiger partial charge is 0.249 e. The maximum atomic E-state index is 11.1. The van der Waals surface area contributed by atoms with Crippen LogP contribution in [0.2, 0.25) is 0 Å². The van der Waals surface area contributed by atoms with Crippen molar-refractivity contribution in [1.82, 2.24) is 5.32 Å². The van der Waals surface area contributed by atoms with E-state index < -0.39 is 0 Å². The first-order valence-corrected chi connectivity index (χ1v) is 4.09. The van der Waals surface area contributed by atoms with Gasteiger partial charge in [0, 0.05) is 6.61 Å². The maximum absolute atomic E-state index is 11.1. The number of nitrogens with one attached hydrogen (secondary N) is 1. The van der Waals surface area contributed by atoms with Crippen molar-refractivity contribution in [3.8, 4) is 0 Å². The Labute approximate surface area is 71.3 Å². The Morgan fingerprint density at radius 1 is 1.58 bits per heavy atom. The normalized spacial score (nSPS) is 23.2. The van der Waals surface area contributed by atoms with Gasteiger partial charge in [-0.3, -0.25) is 9.59 Å². The lowest BCUT2D eigenvalue weighted by Crippen LogP contribution is -2.39. The summed E-state index contributed by atoms with van der Waals surface area (Å²) in [6.07, 6.45) is 4.03. The van der Waals surface area contributed by atoms with E-state index in [0.29, 0.717) is 6.61 Å². The molecule has 1 amide bonds. The molecule has 1 radical (unpaired) electrons. The monoisotopic (exact) mass is 170 g/mol. The van der Waals surface area contributed by atoms with Gasteiger partial charge in [-0.15, -0.1) is 0 Å². The molecule has 1 N–H and O–H groups in total. The average Bonchev–Trinajstić information content (AvgIpc) is 2.15. The number of hydrogen-bond acceptors (Lipinski definition) is 3. The van der Waals surface area contributed by atoms with Crippen LogP contribution >= 0.6 is 0 Å². The Balaban J connectivity index is 2.24. The molecule has 1 aliphatic rings. The van der Waals surface area contributed by atoms with Crippen LogP contribution in [0, 0.1) is 0 Å². The number of carbonyl (C=O) groups excluding carboxylic acids is 2. The van der Waals surface area contributed by atoms with Crippen molar-refractivity contribution in [2.75, 3.05) is 13.2 Å². The van der Waals surface area contributed by atoms with Gasteiger partial charge in [0.1, 0.15) is 6.10 Å². The SMILES string of the molecule is O=[C]CNC(=O)C1CCCCO1. The van der Waals surface area contributed by atoms with Crippen molar-refractivity contribution in [3.63, 3.8) is 0 Å². The number of carbonyl (C=O) groups is 1. The van der Waals surface area contributed by atoms with Gasteiger partial charge < -0.3 is 10.1 Å². The molecule has 0 spiro atoms. The third-order valence-electron chi connectivity index (χ3n) is 1.81. The minimum absolute atomic E-state index is 0.0430. The van der Waals surface area contributed by atoms with Gasteiger partial charge in [0.15, 0.2) is 0 Å². The van der Waals surface area contributed by atoms with E-state index in [0.717, 1.165) is 19.3 Å². The summed E-state index contributed by atoms with van der Waals surface area (Å²) in [5.74, 6) is -0.196. The fourth-order valence-electron chi connectivity index (χ4n) is 1.18. The molecular formula is C8H12NO3. The molecule has 0 aliphatic carbocycles. The Morgan fingerprint density at radius 2 is 2.42 bits per heavy atom. The molecular weight excluding hydrogens is 158 g/mol. The predicted molar refractivity (Wildman–Crippen MR) is 42.3 cm³/mol. The number of amides is 1. The summed E-state index contributed by atoms with van der Waals surface area (Å²) < 4.78 is 5.19. The van der Waals surface area contributed by atoms with Crippen LogP contribution in [0.15, 0.2) is 0 Å². The molecule has 12 heavy (non-hydrogen) atoms. The first-order valence-electron chi connectivity index (χ1n) is 4.09. The molecule has 0 aromatic heterocycles. The van der Waals surface area contributed by atoms with E-state index in [1.807, 2.05) is 0 Å². The fourth-order valence-corrected chi connectivity index (χ4v) is 1.18. The minimum atomic E-state index is -0.355. The Morgan fingerprint density at radius 3 is 3.00 bits per heavy atom. The van der Waals surface area contributed by atoms with Crippen molar-refractivity contribution < 1.29 is 14.3 Å².